The quantitative estimate of drug-likeness (QED) is 0.395. The van der Waals surface area contributed by atoms with E-state index in [1.807, 2.05) is 0 Å². The van der Waals surface area contributed by atoms with Gasteiger partial charge in [-0.15, -0.1) is 0 Å². The molecule has 0 saturated heterocycles. The lowest BCUT2D eigenvalue weighted by atomic mass is 9.78. The molecule has 1 aliphatic carbocycles. The fraction of sp³-hybridized carbons (Fsp3) is 0.950. The van der Waals surface area contributed by atoms with Crippen LogP contribution >= 0.6 is 0 Å². The van der Waals surface area contributed by atoms with Crippen LogP contribution in [0.1, 0.15) is 104 Å². The van der Waals surface area contributed by atoms with Crippen LogP contribution in [0.4, 0.5) is 0 Å². The van der Waals surface area contributed by atoms with E-state index >= 15 is 0 Å². The topological polar surface area (TPSA) is 17.1 Å². The highest BCUT2D eigenvalue weighted by molar-refractivity contribution is 5.81. The zero-order valence-electron chi connectivity index (χ0n) is 14.8. The third-order valence-electron chi connectivity index (χ3n) is 5.07. The fourth-order valence-corrected chi connectivity index (χ4v) is 3.92. The van der Waals surface area contributed by atoms with E-state index in [1.54, 1.807) is 0 Å². The predicted molar refractivity (Wildman–Crippen MR) is 92.5 cm³/mol. The maximum atomic E-state index is 12.1. The number of hydrogen-bond donors (Lipinski definition) is 0. The molecule has 0 aromatic carbocycles. The monoisotopic (exact) mass is 294 g/mol. The molecule has 0 aromatic heterocycles. The highest BCUT2D eigenvalue weighted by Gasteiger charge is 2.25. The van der Waals surface area contributed by atoms with Crippen molar-refractivity contribution in [3.8, 4) is 0 Å². The maximum Gasteiger partial charge on any atom is 0.135 e. The van der Waals surface area contributed by atoms with E-state index in [4.69, 9.17) is 0 Å². The molecule has 21 heavy (non-hydrogen) atoms. The Bertz CT molecular complexity index is 269. The summed E-state index contributed by atoms with van der Waals surface area (Å²) in [5.74, 6) is 2.54. The Morgan fingerprint density at radius 2 is 1.76 bits per heavy atom. The molecule has 0 heterocycles. The molecule has 2 atom stereocenters. The molecule has 1 heteroatoms. The van der Waals surface area contributed by atoms with Crippen LogP contribution in [0.3, 0.4) is 0 Å². The summed E-state index contributed by atoms with van der Waals surface area (Å²) < 4.78 is 0. The van der Waals surface area contributed by atoms with Crippen molar-refractivity contribution in [1.82, 2.24) is 0 Å². The van der Waals surface area contributed by atoms with Gasteiger partial charge in [-0.1, -0.05) is 72.1 Å². The van der Waals surface area contributed by atoms with E-state index in [0.717, 1.165) is 24.7 Å². The molecule has 0 bridgehead atoms. The van der Waals surface area contributed by atoms with Gasteiger partial charge in [0.15, 0.2) is 0 Å². The predicted octanol–water partition coefficient (Wildman–Crippen LogP) is 6.55. The molecule has 1 aliphatic rings. The van der Waals surface area contributed by atoms with Gasteiger partial charge in [0.25, 0.3) is 0 Å². The van der Waals surface area contributed by atoms with E-state index < -0.39 is 0 Å². The lowest BCUT2D eigenvalue weighted by Gasteiger charge is -2.26. The van der Waals surface area contributed by atoms with Crippen molar-refractivity contribution >= 4 is 5.78 Å². The summed E-state index contributed by atoms with van der Waals surface area (Å²) >= 11 is 0. The highest BCUT2D eigenvalue weighted by Crippen LogP contribution is 2.31. The van der Waals surface area contributed by atoms with Gasteiger partial charge in [-0.05, 0) is 37.5 Å². The standard InChI is InChI=1S/C20H38O/c1-4-5-6-7-8-9-12-18(15-17(2)3)16-19-13-10-11-14-20(19)21/h17-19H,4-16H2,1-3H3. The highest BCUT2D eigenvalue weighted by atomic mass is 16.1. The number of ketones is 1. The molecule has 0 amide bonds. The van der Waals surface area contributed by atoms with Gasteiger partial charge >= 0.3 is 0 Å². The second-order valence-corrected chi connectivity index (χ2v) is 7.70. The third-order valence-corrected chi connectivity index (χ3v) is 5.07. The summed E-state index contributed by atoms with van der Waals surface area (Å²) in [5, 5.41) is 0. The van der Waals surface area contributed by atoms with Crippen molar-refractivity contribution in [1.29, 1.82) is 0 Å². The van der Waals surface area contributed by atoms with E-state index in [2.05, 4.69) is 20.8 Å². The molecule has 2 unspecified atom stereocenters. The first-order chi connectivity index (χ1) is 10.1. The molecule has 124 valence electrons. The molecule has 1 fully saturated rings. The van der Waals surface area contributed by atoms with Gasteiger partial charge in [-0.25, -0.2) is 0 Å². The first kappa shape index (κ1) is 18.7. The summed E-state index contributed by atoms with van der Waals surface area (Å²) in [6, 6.07) is 0. The fourth-order valence-electron chi connectivity index (χ4n) is 3.92. The molecule has 0 radical (unpaired) electrons. The Balaban J connectivity index is 2.28. The summed E-state index contributed by atoms with van der Waals surface area (Å²) in [6.07, 6.45) is 16.6. The zero-order valence-corrected chi connectivity index (χ0v) is 14.8. The number of unbranched alkanes of at least 4 members (excludes halogenated alkanes) is 5. The van der Waals surface area contributed by atoms with Crippen molar-refractivity contribution in [3.63, 3.8) is 0 Å². The lowest BCUT2D eigenvalue weighted by Crippen LogP contribution is -2.22. The average molecular weight is 295 g/mol. The minimum atomic E-state index is 0.405. The second kappa shape index (κ2) is 11.3. The Morgan fingerprint density at radius 3 is 2.43 bits per heavy atom. The van der Waals surface area contributed by atoms with E-state index in [-0.39, 0.29) is 0 Å². The van der Waals surface area contributed by atoms with Gasteiger partial charge in [-0.3, -0.25) is 4.79 Å². The normalized spacial score (nSPS) is 21.0. The van der Waals surface area contributed by atoms with Crippen LogP contribution in [-0.4, -0.2) is 5.78 Å². The van der Waals surface area contributed by atoms with Crippen molar-refractivity contribution < 1.29 is 4.79 Å². The van der Waals surface area contributed by atoms with E-state index in [9.17, 15) is 4.79 Å². The van der Waals surface area contributed by atoms with Crippen molar-refractivity contribution in [3.05, 3.63) is 0 Å². The van der Waals surface area contributed by atoms with Gasteiger partial charge in [0.05, 0.1) is 0 Å². The van der Waals surface area contributed by atoms with Gasteiger partial charge < -0.3 is 0 Å². The lowest BCUT2D eigenvalue weighted by molar-refractivity contribution is -0.125. The van der Waals surface area contributed by atoms with Crippen molar-refractivity contribution in [2.24, 2.45) is 17.8 Å². The average Bonchev–Trinajstić information content (AvgIpc) is 2.44. The molecular formula is C20H38O. The van der Waals surface area contributed by atoms with Crippen LogP contribution in [0.5, 0.6) is 0 Å². The molecule has 0 N–H and O–H groups in total. The number of carbonyl (C=O) groups is 1. The zero-order chi connectivity index (χ0) is 15.5. The third kappa shape index (κ3) is 8.63. The van der Waals surface area contributed by atoms with Crippen molar-refractivity contribution in [2.75, 3.05) is 0 Å². The number of Topliss-reactive ketones (excluding diaryl/α,β-unsaturated/α-hetero) is 1. The molecule has 1 rings (SSSR count). The Hall–Kier alpha value is -0.330. The maximum absolute atomic E-state index is 12.1. The largest absolute Gasteiger partial charge is 0.299 e. The Labute approximate surface area is 133 Å². The number of hydrogen-bond acceptors (Lipinski definition) is 1. The van der Waals surface area contributed by atoms with Crippen LogP contribution in [0, 0.1) is 17.8 Å². The molecular weight excluding hydrogens is 256 g/mol. The van der Waals surface area contributed by atoms with Gasteiger partial charge in [0, 0.05) is 12.3 Å². The van der Waals surface area contributed by atoms with Crippen LogP contribution in [0.15, 0.2) is 0 Å². The molecule has 0 aliphatic heterocycles. The second-order valence-electron chi connectivity index (χ2n) is 7.70. The van der Waals surface area contributed by atoms with Crippen molar-refractivity contribution in [2.45, 2.75) is 104 Å². The number of rotatable bonds is 11. The van der Waals surface area contributed by atoms with Crippen LogP contribution < -0.4 is 0 Å². The van der Waals surface area contributed by atoms with Crippen LogP contribution in [0.25, 0.3) is 0 Å². The summed E-state index contributed by atoms with van der Waals surface area (Å²) in [6.45, 7) is 6.94. The molecule has 1 saturated carbocycles. The summed E-state index contributed by atoms with van der Waals surface area (Å²) in [4.78, 5) is 12.1. The van der Waals surface area contributed by atoms with Crippen LogP contribution in [-0.2, 0) is 4.79 Å². The minimum Gasteiger partial charge on any atom is -0.299 e. The number of carbonyl (C=O) groups excluding carboxylic acids is 1. The first-order valence-corrected chi connectivity index (χ1v) is 9.66. The first-order valence-electron chi connectivity index (χ1n) is 9.66. The molecule has 0 aromatic rings. The summed E-state index contributed by atoms with van der Waals surface area (Å²) in [5.41, 5.74) is 0. The van der Waals surface area contributed by atoms with Gasteiger partial charge in [0.2, 0.25) is 0 Å². The van der Waals surface area contributed by atoms with Gasteiger partial charge in [-0.2, -0.15) is 0 Å². The van der Waals surface area contributed by atoms with E-state index in [0.29, 0.717) is 11.7 Å². The van der Waals surface area contributed by atoms with Crippen LogP contribution in [0.2, 0.25) is 0 Å². The van der Waals surface area contributed by atoms with Gasteiger partial charge in [0.1, 0.15) is 5.78 Å². The Kier molecular flexibility index (Phi) is 10.0. The molecule has 0 spiro atoms. The minimum absolute atomic E-state index is 0.405. The summed E-state index contributed by atoms with van der Waals surface area (Å²) in [7, 11) is 0. The van der Waals surface area contributed by atoms with E-state index in [1.165, 1.54) is 70.6 Å². The smallest absolute Gasteiger partial charge is 0.135 e. The Morgan fingerprint density at radius 1 is 1.05 bits per heavy atom. The SMILES string of the molecule is CCCCCCCCC(CC(C)C)CC1CCCCC1=O. The molecule has 1 nitrogen and oxygen atoms in total.